The molecule has 4 atom stereocenters. The number of carboxylic acids is 1. The van der Waals surface area contributed by atoms with E-state index in [1.54, 1.807) is 19.1 Å². The van der Waals surface area contributed by atoms with Gasteiger partial charge in [-0.2, -0.15) is 0 Å². The molecule has 1 aromatic rings. The number of aliphatic carboxylic acids is 1. The van der Waals surface area contributed by atoms with Crippen molar-refractivity contribution in [3.8, 4) is 0 Å². The summed E-state index contributed by atoms with van der Waals surface area (Å²) < 4.78 is 0. The third kappa shape index (κ3) is 2.58. The Morgan fingerprint density at radius 1 is 1.26 bits per heavy atom. The van der Waals surface area contributed by atoms with Crippen molar-refractivity contribution in [1.29, 1.82) is 0 Å². The van der Waals surface area contributed by atoms with Crippen molar-refractivity contribution in [3.63, 3.8) is 0 Å². The number of nitrogens with one attached hydrogen (secondary N) is 1. The van der Waals surface area contributed by atoms with Crippen LogP contribution in [0.4, 0.5) is 11.4 Å². The highest BCUT2D eigenvalue weighted by Crippen LogP contribution is 2.48. The Hall–Kier alpha value is -2.70. The maximum atomic E-state index is 12.5. The minimum atomic E-state index is -0.975. The molecule has 0 radical (unpaired) electrons. The molecular formula is C16H16N2O5. The number of rotatable bonds is 4. The third-order valence-corrected chi connectivity index (χ3v) is 4.72. The highest BCUT2D eigenvalue weighted by molar-refractivity contribution is 5.96. The van der Waals surface area contributed by atoms with E-state index in [0.717, 1.165) is 0 Å². The van der Waals surface area contributed by atoms with E-state index < -0.39 is 28.6 Å². The van der Waals surface area contributed by atoms with Gasteiger partial charge in [0.15, 0.2) is 0 Å². The number of aryl methyl sites for hydroxylation is 1. The molecule has 0 saturated heterocycles. The van der Waals surface area contributed by atoms with Crippen molar-refractivity contribution < 1.29 is 19.6 Å². The van der Waals surface area contributed by atoms with E-state index in [0.29, 0.717) is 17.7 Å². The summed E-state index contributed by atoms with van der Waals surface area (Å²) >= 11 is 0. The number of allylic oxidation sites excluding steroid dienone is 2. The smallest absolute Gasteiger partial charge is 0.307 e. The molecule has 1 amide bonds. The summed E-state index contributed by atoms with van der Waals surface area (Å²) in [5.74, 6) is -2.93. The molecule has 2 aliphatic carbocycles. The van der Waals surface area contributed by atoms with Gasteiger partial charge < -0.3 is 10.4 Å². The standard InChI is InChI=1S/C16H16N2O5/c1-8-2-5-11(7-12(8)18(22)23)17-15(19)13-9-3-4-10(6-9)14(13)16(20)21/h2-5,7,9-10,13-14H,6H2,1H3,(H,17,19)(H,20,21)/t9-,10+,13+,14+/m1/s1. The number of hydrogen-bond donors (Lipinski definition) is 2. The predicted molar refractivity (Wildman–Crippen MR) is 81.8 cm³/mol. The van der Waals surface area contributed by atoms with Gasteiger partial charge in [-0.1, -0.05) is 18.2 Å². The van der Waals surface area contributed by atoms with Gasteiger partial charge in [-0.25, -0.2) is 0 Å². The number of benzene rings is 1. The molecule has 0 heterocycles. The summed E-state index contributed by atoms with van der Waals surface area (Å²) in [4.78, 5) is 34.4. The second kappa shape index (κ2) is 5.49. The van der Waals surface area contributed by atoms with Crippen molar-refractivity contribution in [3.05, 3.63) is 46.0 Å². The monoisotopic (exact) mass is 316 g/mol. The van der Waals surface area contributed by atoms with Crippen molar-refractivity contribution >= 4 is 23.3 Å². The lowest BCUT2D eigenvalue weighted by atomic mass is 9.82. The first-order valence-corrected chi connectivity index (χ1v) is 7.35. The molecule has 0 unspecified atom stereocenters. The first-order valence-electron chi connectivity index (χ1n) is 7.35. The highest BCUT2D eigenvalue weighted by Gasteiger charge is 2.51. The van der Waals surface area contributed by atoms with E-state index in [2.05, 4.69) is 5.32 Å². The molecule has 2 N–H and O–H groups in total. The van der Waals surface area contributed by atoms with Crippen LogP contribution in [0.1, 0.15) is 12.0 Å². The fourth-order valence-electron chi connectivity index (χ4n) is 3.63. The minimum absolute atomic E-state index is 0.0783. The lowest BCUT2D eigenvalue weighted by molar-refractivity contribution is -0.385. The lowest BCUT2D eigenvalue weighted by Gasteiger charge is -2.23. The van der Waals surface area contributed by atoms with E-state index in [1.165, 1.54) is 6.07 Å². The Balaban J connectivity index is 1.82. The van der Waals surface area contributed by atoms with Crippen LogP contribution in [0.25, 0.3) is 0 Å². The molecule has 2 bridgehead atoms. The zero-order valence-corrected chi connectivity index (χ0v) is 12.4. The number of hydrogen-bond acceptors (Lipinski definition) is 4. The van der Waals surface area contributed by atoms with Crippen LogP contribution in [0.15, 0.2) is 30.4 Å². The van der Waals surface area contributed by atoms with E-state index in [9.17, 15) is 24.8 Å². The Bertz CT molecular complexity index is 727. The normalized spacial score (nSPS) is 27.9. The summed E-state index contributed by atoms with van der Waals surface area (Å²) in [5.41, 5.74) is 0.730. The Labute approximate surface area is 132 Å². The molecule has 2 aliphatic rings. The molecule has 1 fully saturated rings. The van der Waals surface area contributed by atoms with Gasteiger partial charge in [-0.15, -0.1) is 0 Å². The van der Waals surface area contributed by atoms with Gasteiger partial charge >= 0.3 is 5.97 Å². The second-order valence-corrected chi connectivity index (χ2v) is 6.09. The maximum Gasteiger partial charge on any atom is 0.307 e. The average molecular weight is 316 g/mol. The van der Waals surface area contributed by atoms with Gasteiger partial charge in [-0.05, 0) is 31.2 Å². The van der Waals surface area contributed by atoms with E-state index in [4.69, 9.17) is 0 Å². The number of anilines is 1. The van der Waals surface area contributed by atoms with Crippen molar-refractivity contribution in [1.82, 2.24) is 0 Å². The largest absolute Gasteiger partial charge is 0.481 e. The molecule has 1 saturated carbocycles. The van der Waals surface area contributed by atoms with Gasteiger partial charge in [0, 0.05) is 17.3 Å². The number of nitro benzene ring substituents is 1. The molecule has 0 spiro atoms. The number of fused-ring (bicyclic) bond motifs is 2. The third-order valence-electron chi connectivity index (χ3n) is 4.72. The number of amides is 1. The summed E-state index contributed by atoms with van der Waals surface area (Å²) in [5, 5.41) is 23.0. The number of carbonyl (C=O) groups is 2. The Morgan fingerprint density at radius 2 is 1.91 bits per heavy atom. The summed E-state index contributed by atoms with van der Waals surface area (Å²) in [7, 11) is 0. The lowest BCUT2D eigenvalue weighted by Crippen LogP contribution is -2.36. The van der Waals surface area contributed by atoms with Crippen LogP contribution in [0, 0.1) is 40.7 Å². The predicted octanol–water partition coefficient (Wildman–Crippen LogP) is 2.36. The van der Waals surface area contributed by atoms with Gasteiger partial charge in [0.2, 0.25) is 5.91 Å². The first-order chi connectivity index (χ1) is 10.9. The molecule has 3 rings (SSSR count). The van der Waals surface area contributed by atoms with Crippen LogP contribution >= 0.6 is 0 Å². The molecule has 0 aromatic heterocycles. The highest BCUT2D eigenvalue weighted by atomic mass is 16.6. The van der Waals surface area contributed by atoms with E-state index in [-0.39, 0.29) is 17.5 Å². The van der Waals surface area contributed by atoms with Crippen molar-refractivity contribution in [2.45, 2.75) is 13.3 Å². The molecule has 23 heavy (non-hydrogen) atoms. The molecule has 120 valence electrons. The topological polar surface area (TPSA) is 110 Å². The number of carboxylic acid groups (broad SMARTS) is 1. The van der Waals surface area contributed by atoms with E-state index >= 15 is 0 Å². The summed E-state index contributed by atoms with van der Waals surface area (Å²) in [6, 6.07) is 4.44. The quantitative estimate of drug-likeness (QED) is 0.503. The van der Waals surface area contributed by atoms with Gasteiger partial charge in [0.25, 0.3) is 5.69 Å². The Kier molecular flexibility index (Phi) is 3.63. The van der Waals surface area contributed by atoms with Gasteiger partial charge in [0.05, 0.1) is 16.8 Å². The number of nitrogens with zero attached hydrogens (tertiary/aromatic N) is 1. The minimum Gasteiger partial charge on any atom is -0.481 e. The van der Waals surface area contributed by atoms with Crippen LogP contribution in [-0.4, -0.2) is 21.9 Å². The fraction of sp³-hybridized carbons (Fsp3) is 0.375. The molecule has 7 nitrogen and oxygen atoms in total. The van der Waals surface area contributed by atoms with Crippen LogP contribution in [-0.2, 0) is 9.59 Å². The SMILES string of the molecule is Cc1ccc(NC(=O)[C@@H]2[C@@H](C(=O)O)[C@H]3C=C[C@@H]2C3)cc1[N+](=O)[O-]. The summed E-state index contributed by atoms with van der Waals surface area (Å²) in [6.45, 7) is 1.62. The maximum absolute atomic E-state index is 12.5. The van der Waals surface area contributed by atoms with Gasteiger partial charge in [0.1, 0.15) is 0 Å². The first kappa shape index (κ1) is 15.2. The van der Waals surface area contributed by atoms with Crippen LogP contribution in [0.2, 0.25) is 0 Å². The molecule has 1 aromatic carbocycles. The van der Waals surface area contributed by atoms with Crippen LogP contribution < -0.4 is 5.32 Å². The zero-order chi connectivity index (χ0) is 16.7. The van der Waals surface area contributed by atoms with Gasteiger partial charge in [-0.3, -0.25) is 19.7 Å². The number of carbonyl (C=O) groups excluding carboxylic acids is 1. The molecule has 0 aliphatic heterocycles. The van der Waals surface area contributed by atoms with E-state index in [1.807, 2.05) is 12.2 Å². The van der Waals surface area contributed by atoms with Crippen molar-refractivity contribution in [2.75, 3.05) is 5.32 Å². The fourth-order valence-corrected chi connectivity index (χ4v) is 3.63. The van der Waals surface area contributed by atoms with Crippen LogP contribution in [0.5, 0.6) is 0 Å². The van der Waals surface area contributed by atoms with Crippen LogP contribution in [0.3, 0.4) is 0 Å². The van der Waals surface area contributed by atoms with Crippen molar-refractivity contribution in [2.24, 2.45) is 23.7 Å². The number of nitro groups is 1. The Morgan fingerprint density at radius 3 is 2.52 bits per heavy atom. The average Bonchev–Trinajstić information content (AvgIpc) is 3.09. The zero-order valence-electron chi connectivity index (χ0n) is 12.4. The second-order valence-electron chi connectivity index (χ2n) is 6.09. The molecular weight excluding hydrogens is 300 g/mol. The molecule has 7 heteroatoms. The summed E-state index contributed by atoms with van der Waals surface area (Å²) in [6.07, 6.45) is 4.43.